The first kappa shape index (κ1) is 13.0. The van der Waals surface area contributed by atoms with E-state index in [0.29, 0.717) is 11.0 Å². The standard InChI is InChI=1S/C13H10BrFN4O/c1-18-5-8(4-17-18)6-19-7-16-12-10(13(19)20)2-9(14)3-11(12)15/h2-5,7H,6H2,1H3. The molecule has 0 bridgehead atoms. The van der Waals surface area contributed by atoms with Crippen molar-refractivity contribution < 1.29 is 4.39 Å². The molecule has 3 aromatic rings. The molecule has 7 heteroatoms. The molecule has 1 aromatic carbocycles. The van der Waals surface area contributed by atoms with Crippen LogP contribution in [-0.4, -0.2) is 19.3 Å². The Morgan fingerprint density at radius 2 is 2.20 bits per heavy atom. The van der Waals surface area contributed by atoms with Gasteiger partial charge in [-0.2, -0.15) is 5.10 Å². The van der Waals surface area contributed by atoms with Gasteiger partial charge in [-0.05, 0) is 12.1 Å². The number of hydrogen-bond acceptors (Lipinski definition) is 3. The summed E-state index contributed by atoms with van der Waals surface area (Å²) in [5.41, 5.74) is 0.686. The second-order valence-corrected chi connectivity index (χ2v) is 5.40. The lowest BCUT2D eigenvalue weighted by Crippen LogP contribution is -2.21. The van der Waals surface area contributed by atoms with E-state index in [2.05, 4.69) is 26.0 Å². The number of nitrogens with zero attached hydrogens (tertiary/aromatic N) is 4. The molecule has 0 saturated heterocycles. The van der Waals surface area contributed by atoms with Crippen LogP contribution >= 0.6 is 15.9 Å². The Hall–Kier alpha value is -2.02. The van der Waals surface area contributed by atoms with Crippen molar-refractivity contribution in [1.82, 2.24) is 19.3 Å². The average molecular weight is 337 g/mol. The van der Waals surface area contributed by atoms with Crippen LogP contribution in [0, 0.1) is 5.82 Å². The van der Waals surface area contributed by atoms with Crippen LogP contribution in [0.25, 0.3) is 10.9 Å². The predicted molar refractivity (Wildman–Crippen MR) is 76.0 cm³/mol. The van der Waals surface area contributed by atoms with Gasteiger partial charge in [0.05, 0.1) is 24.5 Å². The Morgan fingerprint density at radius 1 is 1.40 bits per heavy atom. The normalized spacial score (nSPS) is 11.2. The van der Waals surface area contributed by atoms with Crippen molar-refractivity contribution in [2.45, 2.75) is 6.54 Å². The molecule has 0 aliphatic heterocycles. The van der Waals surface area contributed by atoms with Gasteiger partial charge in [-0.25, -0.2) is 9.37 Å². The molecule has 0 spiro atoms. The first-order valence-electron chi connectivity index (χ1n) is 5.86. The van der Waals surface area contributed by atoms with E-state index in [9.17, 15) is 9.18 Å². The smallest absolute Gasteiger partial charge is 0.261 e. The largest absolute Gasteiger partial charge is 0.294 e. The average Bonchev–Trinajstić information content (AvgIpc) is 2.79. The highest BCUT2D eigenvalue weighted by Gasteiger charge is 2.10. The molecule has 102 valence electrons. The second-order valence-electron chi connectivity index (χ2n) is 4.48. The van der Waals surface area contributed by atoms with Crippen LogP contribution < -0.4 is 5.56 Å². The van der Waals surface area contributed by atoms with Crippen molar-refractivity contribution >= 4 is 26.8 Å². The van der Waals surface area contributed by atoms with Gasteiger partial charge in [0.1, 0.15) is 5.52 Å². The SMILES string of the molecule is Cn1cc(Cn2cnc3c(F)cc(Br)cc3c2=O)cn1. The molecule has 0 saturated carbocycles. The number of fused-ring (bicyclic) bond motifs is 1. The fourth-order valence-electron chi connectivity index (χ4n) is 2.06. The van der Waals surface area contributed by atoms with Gasteiger partial charge in [0.25, 0.3) is 5.56 Å². The summed E-state index contributed by atoms with van der Waals surface area (Å²) in [7, 11) is 1.80. The van der Waals surface area contributed by atoms with Crippen molar-refractivity contribution in [3.05, 3.63) is 57.1 Å². The summed E-state index contributed by atoms with van der Waals surface area (Å²) in [6.07, 6.45) is 4.85. The first-order chi connectivity index (χ1) is 9.54. The zero-order chi connectivity index (χ0) is 14.3. The molecule has 0 N–H and O–H groups in total. The number of aryl methyl sites for hydroxylation is 1. The Balaban J connectivity index is 2.14. The Labute approximate surface area is 121 Å². The molecular weight excluding hydrogens is 327 g/mol. The highest BCUT2D eigenvalue weighted by atomic mass is 79.9. The molecule has 0 aliphatic carbocycles. The van der Waals surface area contributed by atoms with Crippen LogP contribution in [0.1, 0.15) is 5.56 Å². The summed E-state index contributed by atoms with van der Waals surface area (Å²) in [5, 5.41) is 4.30. The van der Waals surface area contributed by atoms with Gasteiger partial charge in [0.15, 0.2) is 5.82 Å². The van der Waals surface area contributed by atoms with E-state index in [1.54, 1.807) is 24.0 Å². The van der Waals surface area contributed by atoms with Gasteiger partial charge in [0.2, 0.25) is 0 Å². The summed E-state index contributed by atoms with van der Waals surface area (Å²) in [6, 6.07) is 2.87. The van der Waals surface area contributed by atoms with E-state index in [0.717, 1.165) is 5.56 Å². The Morgan fingerprint density at radius 3 is 2.90 bits per heavy atom. The number of halogens is 2. The minimum Gasteiger partial charge on any atom is -0.294 e. The highest BCUT2D eigenvalue weighted by molar-refractivity contribution is 9.10. The summed E-state index contributed by atoms with van der Waals surface area (Å²) >= 11 is 3.18. The number of rotatable bonds is 2. The van der Waals surface area contributed by atoms with Crippen molar-refractivity contribution in [2.75, 3.05) is 0 Å². The maximum Gasteiger partial charge on any atom is 0.261 e. The van der Waals surface area contributed by atoms with Crippen LogP contribution in [0.4, 0.5) is 4.39 Å². The van der Waals surface area contributed by atoms with Crippen LogP contribution in [0.3, 0.4) is 0 Å². The monoisotopic (exact) mass is 336 g/mol. The van der Waals surface area contributed by atoms with E-state index >= 15 is 0 Å². The molecule has 20 heavy (non-hydrogen) atoms. The molecule has 0 fully saturated rings. The summed E-state index contributed by atoms with van der Waals surface area (Å²) in [5.74, 6) is -0.514. The molecule has 0 aliphatic rings. The first-order valence-corrected chi connectivity index (χ1v) is 6.65. The summed E-state index contributed by atoms with van der Waals surface area (Å²) in [4.78, 5) is 16.4. The third-order valence-electron chi connectivity index (χ3n) is 2.96. The van der Waals surface area contributed by atoms with E-state index in [4.69, 9.17) is 0 Å². The van der Waals surface area contributed by atoms with Gasteiger partial charge in [-0.15, -0.1) is 0 Å². The molecule has 3 rings (SSSR count). The van der Waals surface area contributed by atoms with Crippen LogP contribution in [0.15, 0.2) is 40.1 Å². The molecule has 5 nitrogen and oxygen atoms in total. The minimum atomic E-state index is -0.514. The van der Waals surface area contributed by atoms with Crippen molar-refractivity contribution in [2.24, 2.45) is 7.05 Å². The molecule has 2 heterocycles. The van der Waals surface area contributed by atoms with E-state index in [1.807, 2.05) is 6.20 Å². The number of aromatic nitrogens is 4. The zero-order valence-electron chi connectivity index (χ0n) is 10.5. The van der Waals surface area contributed by atoms with Crippen LogP contribution in [-0.2, 0) is 13.6 Å². The van der Waals surface area contributed by atoms with Gasteiger partial charge in [0, 0.05) is 23.3 Å². The highest BCUT2D eigenvalue weighted by Crippen LogP contribution is 2.19. The van der Waals surface area contributed by atoms with Gasteiger partial charge >= 0.3 is 0 Å². The molecular formula is C13H10BrFN4O. The fraction of sp³-hybridized carbons (Fsp3) is 0.154. The van der Waals surface area contributed by atoms with Gasteiger partial charge in [-0.1, -0.05) is 15.9 Å². The van der Waals surface area contributed by atoms with Gasteiger partial charge < -0.3 is 0 Å². The quantitative estimate of drug-likeness (QED) is 0.720. The summed E-state index contributed by atoms with van der Waals surface area (Å²) < 4.78 is 17.3. The zero-order valence-corrected chi connectivity index (χ0v) is 12.1. The third-order valence-corrected chi connectivity index (χ3v) is 3.41. The minimum absolute atomic E-state index is 0.0839. The second kappa shape index (κ2) is 4.82. The lowest BCUT2D eigenvalue weighted by Gasteiger charge is -2.06. The van der Waals surface area contributed by atoms with E-state index in [-0.39, 0.29) is 16.5 Å². The fourth-order valence-corrected chi connectivity index (χ4v) is 2.49. The summed E-state index contributed by atoms with van der Waals surface area (Å²) in [6.45, 7) is 0.351. The van der Waals surface area contributed by atoms with E-state index < -0.39 is 5.82 Å². The van der Waals surface area contributed by atoms with E-state index in [1.165, 1.54) is 17.0 Å². The Bertz CT molecular complexity index is 855. The van der Waals surface area contributed by atoms with Gasteiger partial charge in [-0.3, -0.25) is 14.0 Å². The van der Waals surface area contributed by atoms with Crippen LogP contribution in [0.5, 0.6) is 0 Å². The lowest BCUT2D eigenvalue weighted by atomic mass is 10.2. The third kappa shape index (κ3) is 2.24. The molecule has 0 radical (unpaired) electrons. The maximum absolute atomic E-state index is 13.7. The molecule has 0 amide bonds. The lowest BCUT2D eigenvalue weighted by molar-refractivity contribution is 0.633. The van der Waals surface area contributed by atoms with Crippen molar-refractivity contribution in [3.63, 3.8) is 0 Å². The number of benzene rings is 1. The molecule has 2 aromatic heterocycles. The molecule has 0 unspecified atom stereocenters. The predicted octanol–water partition coefficient (Wildman–Crippen LogP) is 2.08. The topological polar surface area (TPSA) is 52.7 Å². The Kier molecular flexibility index (Phi) is 3.13. The van der Waals surface area contributed by atoms with Crippen molar-refractivity contribution in [3.8, 4) is 0 Å². The maximum atomic E-state index is 13.7. The number of hydrogen-bond donors (Lipinski definition) is 0. The molecule has 0 atom stereocenters. The van der Waals surface area contributed by atoms with Crippen molar-refractivity contribution in [1.29, 1.82) is 0 Å². The van der Waals surface area contributed by atoms with Crippen LogP contribution in [0.2, 0.25) is 0 Å².